The van der Waals surface area contributed by atoms with Gasteiger partial charge in [-0.05, 0) is 43.4 Å². The lowest BCUT2D eigenvalue weighted by Gasteiger charge is -2.21. The lowest BCUT2D eigenvalue weighted by Crippen LogP contribution is -2.30. The molecular formula is C71H138O17P2. The Labute approximate surface area is 549 Å². The Bertz CT molecular complexity index is 1770. The molecule has 3 N–H and O–H groups in total. The molecule has 0 amide bonds. The van der Waals surface area contributed by atoms with E-state index in [4.69, 9.17) is 37.0 Å². The topological polar surface area (TPSA) is 237 Å². The van der Waals surface area contributed by atoms with Crippen molar-refractivity contribution in [3.05, 3.63) is 0 Å². The van der Waals surface area contributed by atoms with Gasteiger partial charge in [0.25, 0.3) is 0 Å². The van der Waals surface area contributed by atoms with Gasteiger partial charge in [0.2, 0.25) is 0 Å². The summed E-state index contributed by atoms with van der Waals surface area (Å²) < 4.78 is 68.3. The molecule has 19 heteroatoms. The first-order valence-electron chi connectivity index (χ1n) is 36.9. The number of unbranched alkanes of at least 4 members (excludes halogenated alkanes) is 36. The Balaban J connectivity index is 5.25. The maximum atomic E-state index is 13.0. The van der Waals surface area contributed by atoms with E-state index < -0.39 is 97.5 Å². The van der Waals surface area contributed by atoms with Gasteiger partial charge in [-0.25, -0.2) is 9.13 Å². The Morgan fingerprint density at radius 3 is 0.844 bits per heavy atom. The van der Waals surface area contributed by atoms with Crippen molar-refractivity contribution in [1.29, 1.82) is 0 Å². The third kappa shape index (κ3) is 63.5. The number of hydrogen-bond acceptors (Lipinski definition) is 15. The minimum absolute atomic E-state index is 0.106. The number of aliphatic hydroxyl groups excluding tert-OH is 1. The average molecular weight is 1330 g/mol. The van der Waals surface area contributed by atoms with Gasteiger partial charge in [-0.3, -0.25) is 37.3 Å². The summed E-state index contributed by atoms with van der Waals surface area (Å²) in [5.74, 6) is 0.137. The van der Waals surface area contributed by atoms with E-state index >= 15 is 0 Å². The number of carbonyl (C=O) groups is 4. The van der Waals surface area contributed by atoms with Crippen LogP contribution in [0.25, 0.3) is 0 Å². The van der Waals surface area contributed by atoms with Gasteiger partial charge in [-0.2, -0.15) is 0 Å². The van der Waals surface area contributed by atoms with Gasteiger partial charge in [0, 0.05) is 25.7 Å². The summed E-state index contributed by atoms with van der Waals surface area (Å²) in [4.78, 5) is 72.6. The molecule has 0 spiro atoms. The molecule has 0 radical (unpaired) electrons. The highest BCUT2D eigenvalue weighted by molar-refractivity contribution is 7.47. The first-order valence-corrected chi connectivity index (χ1v) is 39.9. The molecule has 0 aromatic rings. The molecule has 0 fully saturated rings. The van der Waals surface area contributed by atoms with Crippen LogP contribution >= 0.6 is 15.6 Å². The smallest absolute Gasteiger partial charge is 0.462 e. The number of rotatable bonds is 69. The summed E-state index contributed by atoms with van der Waals surface area (Å²) in [5.41, 5.74) is 0. The van der Waals surface area contributed by atoms with E-state index in [1.807, 2.05) is 0 Å². The number of hydrogen-bond donors (Lipinski definition) is 3. The zero-order chi connectivity index (χ0) is 66.6. The minimum Gasteiger partial charge on any atom is -0.462 e. The molecule has 0 heterocycles. The molecule has 0 aliphatic heterocycles. The van der Waals surface area contributed by atoms with Gasteiger partial charge < -0.3 is 33.8 Å². The Kier molecular flexibility index (Phi) is 60.6. The highest BCUT2D eigenvalue weighted by Gasteiger charge is 2.30. The number of carbonyl (C=O) groups excluding carboxylic acids is 4. The summed E-state index contributed by atoms with van der Waals surface area (Å²) in [6.07, 6.45) is 45.7. The van der Waals surface area contributed by atoms with E-state index in [2.05, 4.69) is 48.5 Å². The molecular weight excluding hydrogens is 1190 g/mol. The quantitative estimate of drug-likeness (QED) is 0.0222. The molecule has 90 heavy (non-hydrogen) atoms. The lowest BCUT2D eigenvalue weighted by molar-refractivity contribution is -0.161. The summed E-state index contributed by atoms with van der Waals surface area (Å²) in [6.45, 7) is 11.8. The number of phosphoric ester groups is 2. The highest BCUT2D eigenvalue weighted by Crippen LogP contribution is 2.45. The van der Waals surface area contributed by atoms with Crippen LogP contribution in [-0.4, -0.2) is 96.7 Å². The van der Waals surface area contributed by atoms with Crippen molar-refractivity contribution >= 4 is 39.5 Å². The maximum Gasteiger partial charge on any atom is 0.472 e. The Morgan fingerprint density at radius 2 is 0.567 bits per heavy atom. The van der Waals surface area contributed by atoms with E-state index in [0.29, 0.717) is 25.7 Å². The monoisotopic (exact) mass is 1320 g/mol. The molecule has 6 atom stereocenters. The standard InChI is InChI=1S/C71H138O17P2/c1-8-10-11-12-13-14-15-20-25-31-40-47-54-70(75)88-67(59-82-69(74)53-46-39-34-33-37-44-51-64(7)9-2)61-86-90(79,80)84-57-65(72)56-83-89(77,78)85-60-66(58-81-68(73)52-45-38-30-27-22-24-29-36-43-50-63(5)6)87-71(76)55-48-41-32-26-21-18-16-17-19-23-28-35-42-49-62(3)4/h62-67,72H,8-61H2,1-7H3,(H,77,78)(H,79,80)/t64?,65-,66-,67-/m1/s1. The van der Waals surface area contributed by atoms with Gasteiger partial charge in [0.05, 0.1) is 26.4 Å². The number of aliphatic hydroxyl groups is 1. The first-order chi connectivity index (χ1) is 43.3. The zero-order valence-electron chi connectivity index (χ0n) is 58.6. The molecule has 534 valence electrons. The SMILES string of the molecule is CCCCCCCCCCCCCCC(=O)O[C@H](COC(=O)CCCCCCCCC(C)CC)COP(=O)(O)OC[C@H](O)COP(=O)(O)OC[C@@H](COC(=O)CCCCCCCCCCCC(C)C)OC(=O)CCCCCCCCCCCCCCCC(C)C. The van der Waals surface area contributed by atoms with Crippen LogP contribution in [0, 0.1) is 17.8 Å². The van der Waals surface area contributed by atoms with Crippen LogP contribution in [0.5, 0.6) is 0 Å². The van der Waals surface area contributed by atoms with E-state index in [0.717, 1.165) is 114 Å². The van der Waals surface area contributed by atoms with Gasteiger partial charge in [0.15, 0.2) is 12.2 Å². The molecule has 3 unspecified atom stereocenters. The minimum atomic E-state index is -4.95. The molecule has 0 saturated carbocycles. The zero-order valence-corrected chi connectivity index (χ0v) is 60.4. The second kappa shape index (κ2) is 61.9. The summed E-state index contributed by atoms with van der Waals surface area (Å²) in [6, 6.07) is 0. The predicted octanol–water partition coefficient (Wildman–Crippen LogP) is 20.2. The molecule has 0 aromatic carbocycles. The van der Waals surface area contributed by atoms with Crippen molar-refractivity contribution in [2.24, 2.45) is 17.8 Å². The normalized spacial score (nSPS) is 14.5. The second-order valence-electron chi connectivity index (χ2n) is 26.8. The Morgan fingerprint density at radius 1 is 0.322 bits per heavy atom. The van der Waals surface area contributed by atoms with Crippen molar-refractivity contribution in [3.8, 4) is 0 Å². The van der Waals surface area contributed by atoms with Gasteiger partial charge >= 0.3 is 39.5 Å². The maximum absolute atomic E-state index is 13.0. The van der Waals surface area contributed by atoms with E-state index in [9.17, 15) is 43.2 Å². The fraction of sp³-hybridized carbons (Fsp3) is 0.944. The third-order valence-electron chi connectivity index (χ3n) is 16.7. The molecule has 0 saturated heterocycles. The summed E-state index contributed by atoms with van der Waals surface area (Å²) in [7, 11) is -9.90. The van der Waals surface area contributed by atoms with Crippen molar-refractivity contribution in [2.75, 3.05) is 39.6 Å². The van der Waals surface area contributed by atoms with Crippen LogP contribution in [0.2, 0.25) is 0 Å². The van der Waals surface area contributed by atoms with Crippen molar-refractivity contribution < 1.29 is 80.2 Å². The molecule has 0 aliphatic carbocycles. The average Bonchev–Trinajstić information content (AvgIpc) is 2.89. The summed E-state index contributed by atoms with van der Waals surface area (Å²) in [5, 5.41) is 10.6. The number of phosphoric acid groups is 2. The van der Waals surface area contributed by atoms with Crippen LogP contribution in [0.15, 0.2) is 0 Å². The summed E-state index contributed by atoms with van der Waals surface area (Å²) >= 11 is 0. The van der Waals surface area contributed by atoms with Crippen molar-refractivity contribution in [2.45, 2.75) is 375 Å². The van der Waals surface area contributed by atoms with Gasteiger partial charge in [-0.1, -0.05) is 305 Å². The molecule has 0 rings (SSSR count). The largest absolute Gasteiger partial charge is 0.472 e. The predicted molar refractivity (Wildman–Crippen MR) is 363 cm³/mol. The number of esters is 4. The van der Waals surface area contributed by atoms with Crippen LogP contribution in [0.4, 0.5) is 0 Å². The fourth-order valence-electron chi connectivity index (χ4n) is 10.7. The van der Waals surface area contributed by atoms with Gasteiger partial charge in [0.1, 0.15) is 19.3 Å². The third-order valence-corrected chi connectivity index (χ3v) is 18.6. The van der Waals surface area contributed by atoms with E-state index in [1.54, 1.807) is 0 Å². The van der Waals surface area contributed by atoms with Crippen LogP contribution < -0.4 is 0 Å². The fourth-order valence-corrected chi connectivity index (χ4v) is 12.3. The van der Waals surface area contributed by atoms with Crippen molar-refractivity contribution in [1.82, 2.24) is 0 Å². The van der Waals surface area contributed by atoms with Crippen molar-refractivity contribution in [3.63, 3.8) is 0 Å². The van der Waals surface area contributed by atoms with Crippen LogP contribution in [0.3, 0.4) is 0 Å². The molecule has 0 bridgehead atoms. The number of ether oxygens (including phenoxy) is 4. The second-order valence-corrected chi connectivity index (χ2v) is 29.7. The molecule has 0 aliphatic rings. The van der Waals surface area contributed by atoms with Crippen LogP contribution in [0.1, 0.15) is 357 Å². The first kappa shape index (κ1) is 88.1. The Hall–Kier alpha value is -1.94. The highest BCUT2D eigenvalue weighted by atomic mass is 31.2. The van der Waals surface area contributed by atoms with E-state index in [1.165, 1.54) is 161 Å². The molecule has 0 aromatic heterocycles. The van der Waals surface area contributed by atoms with Gasteiger partial charge in [-0.15, -0.1) is 0 Å². The van der Waals surface area contributed by atoms with E-state index in [-0.39, 0.29) is 25.7 Å². The van der Waals surface area contributed by atoms with Crippen LogP contribution in [-0.2, 0) is 65.4 Å². The molecule has 17 nitrogen and oxygen atoms in total. The lowest BCUT2D eigenvalue weighted by atomic mass is 10.00.